The lowest BCUT2D eigenvalue weighted by Gasteiger charge is -2.18. The number of hydrogen-bond donors (Lipinski definition) is 0. The Hall–Kier alpha value is -1.79. The molecule has 0 saturated carbocycles. The zero-order chi connectivity index (χ0) is 16.2. The van der Waals surface area contributed by atoms with Gasteiger partial charge in [-0.3, -0.25) is 4.90 Å². The molecule has 0 unspecified atom stereocenters. The van der Waals surface area contributed by atoms with Crippen LogP contribution in [0.1, 0.15) is 5.56 Å². The van der Waals surface area contributed by atoms with E-state index in [2.05, 4.69) is 20.8 Å². The van der Waals surface area contributed by atoms with Crippen LogP contribution in [0.3, 0.4) is 0 Å². The van der Waals surface area contributed by atoms with Gasteiger partial charge in [0.15, 0.2) is 11.5 Å². The molecule has 0 aromatic heterocycles. The summed E-state index contributed by atoms with van der Waals surface area (Å²) in [5.41, 5.74) is 1.12. The van der Waals surface area contributed by atoms with Gasteiger partial charge in [-0.2, -0.15) is 0 Å². The van der Waals surface area contributed by atoms with Crippen LogP contribution in [0.4, 0.5) is 4.39 Å². The molecule has 0 radical (unpaired) electrons. The van der Waals surface area contributed by atoms with E-state index in [0.29, 0.717) is 12.4 Å². The van der Waals surface area contributed by atoms with Crippen LogP contribution in [-0.4, -0.2) is 31.9 Å². The van der Waals surface area contributed by atoms with E-state index in [1.54, 1.807) is 12.1 Å². The molecule has 3 rings (SSSR count). The van der Waals surface area contributed by atoms with Gasteiger partial charge in [-0.1, -0.05) is 15.9 Å². The first-order valence-corrected chi connectivity index (χ1v) is 8.06. The fourth-order valence-electron chi connectivity index (χ4n) is 2.30. The molecular weight excluding hydrogens is 365 g/mol. The molecule has 0 amide bonds. The van der Waals surface area contributed by atoms with Gasteiger partial charge in [-0.25, -0.2) is 4.39 Å². The SMILES string of the molecule is CN(CCOc1ccc(F)cc1)Cc1cc2c(cc1Br)OCO2. The monoisotopic (exact) mass is 381 g/mol. The molecule has 0 saturated heterocycles. The predicted molar refractivity (Wildman–Crippen MR) is 88.5 cm³/mol. The molecule has 1 aliphatic rings. The van der Waals surface area contributed by atoms with Crippen molar-refractivity contribution in [2.24, 2.45) is 0 Å². The van der Waals surface area contributed by atoms with Crippen molar-refractivity contribution in [3.63, 3.8) is 0 Å². The van der Waals surface area contributed by atoms with Crippen molar-refractivity contribution in [1.82, 2.24) is 4.90 Å². The van der Waals surface area contributed by atoms with Gasteiger partial charge >= 0.3 is 0 Å². The minimum atomic E-state index is -0.262. The molecule has 1 aliphatic heterocycles. The fourth-order valence-corrected chi connectivity index (χ4v) is 2.75. The van der Waals surface area contributed by atoms with Crippen LogP contribution in [0.2, 0.25) is 0 Å². The molecule has 0 spiro atoms. The Morgan fingerprint density at radius 3 is 2.61 bits per heavy atom. The van der Waals surface area contributed by atoms with E-state index in [9.17, 15) is 4.39 Å². The number of likely N-dealkylation sites (N-methyl/N-ethyl adjacent to an activating group) is 1. The van der Waals surface area contributed by atoms with Gasteiger partial charge in [0.25, 0.3) is 0 Å². The van der Waals surface area contributed by atoms with Crippen LogP contribution >= 0.6 is 15.9 Å². The first-order valence-electron chi connectivity index (χ1n) is 7.27. The molecule has 122 valence electrons. The third kappa shape index (κ3) is 4.14. The van der Waals surface area contributed by atoms with Crippen LogP contribution in [0.15, 0.2) is 40.9 Å². The first kappa shape index (κ1) is 16.1. The number of nitrogens with zero attached hydrogens (tertiary/aromatic N) is 1. The summed E-state index contributed by atoms with van der Waals surface area (Å²) in [6.45, 7) is 2.30. The van der Waals surface area contributed by atoms with E-state index in [1.165, 1.54) is 12.1 Å². The van der Waals surface area contributed by atoms with Crippen LogP contribution in [0, 0.1) is 5.82 Å². The smallest absolute Gasteiger partial charge is 0.231 e. The summed E-state index contributed by atoms with van der Waals surface area (Å²) in [6, 6.07) is 9.96. The molecule has 4 nitrogen and oxygen atoms in total. The number of rotatable bonds is 6. The van der Waals surface area contributed by atoms with E-state index in [0.717, 1.165) is 34.6 Å². The van der Waals surface area contributed by atoms with Crippen molar-refractivity contribution < 1.29 is 18.6 Å². The Morgan fingerprint density at radius 2 is 1.87 bits per heavy atom. The van der Waals surface area contributed by atoms with E-state index in [1.807, 2.05) is 19.2 Å². The number of fused-ring (bicyclic) bond motifs is 1. The Kier molecular flexibility index (Phi) is 5.03. The lowest BCUT2D eigenvalue weighted by atomic mass is 10.2. The molecule has 2 aromatic rings. The van der Waals surface area contributed by atoms with Gasteiger partial charge in [-0.05, 0) is 49.0 Å². The van der Waals surface area contributed by atoms with Crippen molar-refractivity contribution in [1.29, 1.82) is 0 Å². The van der Waals surface area contributed by atoms with Crippen molar-refractivity contribution in [2.45, 2.75) is 6.54 Å². The topological polar surface area (TPSA) is 30.9 Å². The van der Waals surface area contributed by atoms with E-state index < -0.39 is 0 Å². The zero-order valence-electron chi connectivity index (χ0n) is 12.7. The predicted octanol–water partition coefficient (Wildman–Crippen LogP) is 3.83. The number of benzene rings is 2. The maximum Gasteiger partial charge on any atom is 0.231 e. The summed E-state index contributed by atoms with van der Waals surface area (Å²) in [7, 11) is 2.02. The van der Waals surface area contributed by atoms with Gasteiger partial charge in [0.2, 0.25) is 6.79 Å². The molecular formula is C17H17BrFNO3. The molecule has 0 aliphatic carbocycles. The second-order valence-electron chi connectivity index (χ2n) is 5.34. The minimum absolute atomic E-state index is 0.262. The normalized spacial score (nSPS) is 12.7. The molecule has 2 aromatic carbocycles. The lowest BCUT2D eigenvalue weighted by Crippen LogP contribution is -2.24. The maximum atomic E-state index is 12.8. The largest absolute Gasteiger partial charge is 0.492 e. The summed E-state index contributed by atoms with van der Waals surface area (Å²) >= 11 is 3.56. The molecule has 0 bridgehead atoms. The highest BCUT2D eigenvalue weighted by Crippen LogP contribution is 2.37. The zero-order valence-corrected chi connectivity index (χ0v) is 14.3. The molecule has 1 heterocycles. The van der Waals surface area contributed by atoms with E-state index >= 15 is 0 Å². The van der Waals surface area contributed by atoms with Crippen molar-refractivity contribution >= 4 is 15.9 Å². The third-order valence-electron chi connectivity index (χ3n) is 3.54. The van der Waals surface area contributed by atoms with Crippen LogP contribution in [-0.2, 0) is 6.54 Å². The number of hydrogen-bond acceptors (Lipinski definition) is 4. The second kappa shape index (κ2) is 7.19. The minimum Gasteiger partial charge on any atom is -0.492 e. The Labute approximate surface area is 142 Å². The van der Waals surface area contributed by atoms with Gasteiger partial charge in [-0.15, -0.1) is 0 Å². The fraction of sp³-hybridized carbons (Fsp3) is 0.294. The molecule has 6 heteroatoms. The van der Waals surface area contributed by atoms with Gasteiger partial charge in [0, 0.05) is 17.6 Å². The standard InChI is InChI=1S/C17H17BrFNO3/c1-20(6-7-21-14-4-2-13(19)3-5-14)10-12-8-16-17(9-15(12)18)23-11-22-16/h2-5,8-9H,6-7,10-11H2,1H3. The summed E-state index contributed by atoms with van der Waals surface area (Å²) < 4.78 is 30.2. The number of halogens is 2. The van der Waals surface area contributed by atoms with Gasteiger partial charge < -0.3 is 14.2 Å². The summed E-state index contributed by atoms with van der Waals surface area (Å²) in [6.07, 6.45) is 0. The van der Waals surface area contributed by atoms with Gasteiger partial charge in [0.05, 0.1) is 0 Å². The summed E-state index contributed by atoms with van der Waals surface area (Å²) in [4.78, 5) is 2.14. The average molecular weight is 382 g/mol. The summed E-state index contributed by atoms with van der Waals surface area (Å²) in [5.74, 6) is 1.95. The van der Waals surface area contributed by atoms with E-state index in [4.69, 9.17) is 14.2 Å². The summed E-state index contributed by atoms with van der Waals surface area (Å²) in [5, 5.41) is 0. The Bertz CT molecular complexity index is 678. The molecule has 23 heavy (non-hydrogen) atoms. The first-order chi connectivity index (χ1) is 11.1. The Morgan fingerprint density at radius 1 is 1.17 bits per heavy atom. The lowest BCUT2D eigenvalue weighted by molar-refractivity contribution is 0.174. The quantitative estimate of drug-likeness (QED) is 0.760. The van der Waals surface area contributed by atoms with Crippen LogP contribution in [0.5, 0.6) is 17.2 Å². The average Bonchev–Trinajstić information content (AvgIpc) is 2.97. The molecule has 0 atom stereocenters. The van der Waals surface area contributed by atoms with Crippen LogP contribution < -0.4 is 14.2 Å². The number of ether oxygens (including phenoxy) is 3. The molecule has 0 N–H and O–H groups in total. The van der Waals surface area contributed by atoms with Crippen molar-refractivity contribution in [3.05, 3.63) is 52.3 Å². The molecule has 0 fully saturated rings. The highest BCUT2D eigenvalue weighted by Gasteiger charge is 2.16. The second-order valence-corrected chi connectivity index (χ2v) is 6.19. The highest BCUT2D eigenvalue weighted by atomic mass is 79.9. The highest BCUT2D eigenvalue weighted by molar-refractivity contribution is 9.10. The van der Waals surface area contributed by atoms with Crippen molar-refractivity contribution in [3.8, 4) is 17.2 Å². The third-order valence-corrected chi connectivity index (χ3v) is 4.28. The maximum absolute atomic E-state index is 12.8. The van der Waals surface area contributed by atoms with Crippen molar-refractivity contribution in [2.75, 3.05) is 27.0 Å². The van der Waals surface area contributed by atoms with Gasteiger partial charge in [0.1, 0.15) is 18.2 Å². The van der Waals surface area contributed by atoms with Crippen LogP contribution in [0.25, 0.3) is 0 Å². The Balaban J connectivity index is 1.51. The van der Waals surface area contributed by atoms with E-state index in [-0.39, 0.29) is 12.6 Å².